The van der Waals surface area contributed by atoms with Crippen molar-refractivity contribution in [3.63, 3.8) is 0 Å². The quantitative estimate of drug-likeness (QED) is 0.672. The van der Waals surface area contributed by atoms with E-state index in [-0.39, 0.29) is 5.56 Å². The Kier molecular flexibility index (Phi) is 4.61. The number of nitrogens with zero attached hydrogens (tertiary/aromatic N) is 2. The highest BCUT2D eigenvalue weighted by atomic mass is 19.1. The molecular formula is C19H18FN3O2. The zero-order valence-electron chi connectivity index (χ0n) is 13.8. The van der Waals surface area contributed by atoms with E-state index in [1.54, 1.807) is 19.1 Å². The number of rotatable bonds is 5. The molecule has 2 aromatic rings. The van der Waals surface area contributed by atoms with Gasteiger partial charge in [0.15, 0.2) is 0 Å². The molecule has 0 aromatic heterocycles. The summed E-state index contributed by atoms with van der Waals surface area (Å²) in [5.74, 6) is -0.911. The van der Waals surface area contributed by atoms with Gasteiger partial charge in [-0.2, -0.15) is 5.10 Å². The Labute approximate surface area is 145 Å². The van der Waals surface area contributed by atoms with Crippen LogP contribution in [0.2, 0.25) is 0 Å². The molecule has 1 heterocycles. The molecule has 3 amide bonds. The Hall–Kier alpha value is -3.02. The van der Waals surface area contributed by atoms with Gasteiger partial charge in [-0.3, -0.25) is 4.79 Å². The average Bonchev–Trinajstić information content (AvgIpc) is 2.83. The van der Waals surface area contributed by atoms with Crippen LogP contribution in [0.3, 0.4) is 0 Å². The molecule has 0 radical (unpaired) electrons. The van der Waals surface area contributed by atoms with Crippen molar-refractivity contribution in [1.29, 1.82) is 0 Å². The zero-order chi connectivity index (χ0) is 17.9. The number of hydrogen-bond acceptors (Lipinski definition) is 3. The Bertz CT molecular complexity index is 822. The van der Waals surface area contributed by atoms with Gasteiger partial charge < -0.3 is 5.32 Å². The van der Waals surface area contributed by atoms with Crippen LogP contribution in [0.5, 0.6) is 0 Å². The second-order valence-corrected chi connectivity index (χ2v) is 6.13. The lowest BCUT2D eigenvalue weighted by Crippen LogP contribution is -2.44. The maximum Gasteiger partial charge on any atom is 0.346 e. The van der Waals surface area contributed by atoms with E-state index < -0.39 is 23.3 Å². The minimum Gasteiger partial charge on any atom is -0.322 e. The van der Waals surface area contributed by atoms with Gasteiger partial charge in [-0.15, -0.1) is 5.01 Å². The van der Waals surface area contributed by atoms with Crippen LogP contribution in [0.25, 0.3) is 0 Å². The molecule has 0 spiro atoms. The number of amides is 3. The molecule has 1 N–H and O–H groups in total. The van der Waals surface area contributed by atoms with Crippen LogP contribution in [0.4, 0.5) is 9.18 Å². The number of hydrogen-bond donors (Lipinski definition) is 1. The van der Waals surface area contributed by atoms with Crippen LogP contribution in [-0.4, -0.2) is 28.7 Å². The van der Waals surface area contributed by atoms with E-state index in [0.29, 0.717) is 12.8 Å². The van der Waals surface area contributed by atoms with E-state index in [1.165, 1.54) is 18.3 Å². The second kappa shape index (κ2) is 6.84. The number of halogens is 1. The number of carbonyl (C=O) groups excluding carboxylic acids is 2. The smallest absolute Gasteiger partial charge is 0.322 e. The number of carbonyl (C=O) groups is 2. The summed E-state index contributed by atoms with van der Waals surface area (Å²) in [5.41, 5.74) is 0.263. The Morgan fingerprint density at radius 3 is 2.52 bits per heavy atom. The lowest BCUT2D eigenvalue weighted by Gasteiger charge is -2.20. The maximum absolute atomic E-state index is 13.6. The molecule has 0 bridgehead atoms. The first-order chi connectivity index (χ1) is 12.0. The van der Waals surface area contributed by atoms with Crippen molar-refractivity contribution in [2.75, 3.05) is 0 Å². The third-order valence-corrected chi connectivity index (χ3v) is 4.21. The average molecular weight is 339 g/mol. The van der Waals surface area contributed by atoms with E-state index in [0.717, 1.165) is 10.6 Å². The fourth-order valence-corrected chi connectivity index (χ4v) is 2.68. The van der Waals surface area contributed by atoms with Crippen molar-refractivity contribution in [3.05, 3.63) is 71.5 Å². The number of urea groups is 1. The summed E-state index contributed by atoms with van der Waals surface area (Å²) < 4.78 is 13.6. The van der Waals surface area contributed by atoms with Crippen LogP contribution < -0.4 is 5.32 Å². The van der Waals surface area contributed by atoms with Crippen LogP contribution in [0.15, 0.2) is 59.7 Å². The highest BCUT2D eigenvalue weighted by molar-refractivity contribution is 6.07. The van der Waals surface area contributed by atoms with Crippen LogP contribution in [-0.2, 0) is 11.2 Å². The summed E-state index contributed by atoms with van der Waals surface area (Å²) in [6.07, 6.45) is 2.28. The molecule has 128 valence electrons. The molecule has 25 heavy (non-hydrogen) atoms. The van der Waals surface area contributed by atoms with Gasteiger partial charge in [-0.25, -0.2) is 9.18 Å². The molecule has 5 nitrogen and oxygen atoms in total. The Morgan fingerprint density at radius 1 is 1.12 bits per heavy atom. The summed E-state index contributed by atoms with van der Waals surface area (Å²) >= 11 is 0. The van der Waals surface area contributed by atoms with Gasteiger partial charge in [0.05, 0.1) is 6.21 Å². The Morgan fingerprint density at radius 2 is 1.80 bits per heavy atom. The summed E-state index contributed by atoms with van der Waals surface area (Å²) in [7, 11) is 0. The topological polar surface area (TPSA) is 61.8 Å². The van der Waals surface area contributed by atoms with Gasteiger partial charge in [0, 0.05) is 5.56 Å². The van der Waals surface area contributed by atoms with Gasteiger partial charge >= 0.3 is 6.03 Å². The highest BCUT2D eigenvalue weighted by Gasteiger charge is 2.47. The molecule has 1 atom stereocenters. The van der Waals surface area contributed by atoms with Crippen LogP contribution in [0, 0.1) is 5.82 Å². The van der Waals surface area contributed by atoms with Gasteiger partial charge in [0.25, 0.3) is 5.91 Å². The molecule has 1 aliphatic rings. The summed E-state index contributed by atoms with van der Waals surface area (Å²) in [6, 6.07) is 15.1. The first-order valence-corrected chi connectivity index (χ1v) is 7.99. The minimum atomic E-state index is -1.03. The van der Waals surface area contributed by atoms with Gasteiger partial charge in [0.2, 0.25) is 0 Å². The predicted molar refractivity (Wildman–Crippen MR) is 92.5 cm³/mol. The van der Waals surface area contributed by atoms with Gasteiger partial charge in [-0.1, -0.05) is 48.5 Å². The molecular weight excluding hydrogens is 321 g/mol. The SMILES string of the molecule is C[C@]1(CCc2ccccc2)NC(=O)N(/N=C\c2ccccc2F)C1=O. The molecule has 1 aliphatic heterocycles. The molecule has 0 unspecified atom stereocenters. The first-order valence-electron chi connectivity index (χ1n) is 7.99. The van der Waals surface area contributed by atoms with E-state index >= 15 is 0 Å². The van der Waals surface area contributed by atoms with Gasteiger partial charge in [0.1, 0.15) is 11.4 Å². The summed E-state index contributed by atoms with van der Waals surface area (Å²) in [4.78, 5) is 24.7. The summed E-state index contributed by atoms with van der Waals surface area (Å²) in [5, 5.41) is 7.32. The maximum atomic E-state index is 13.6. The van der Waals surface area contributed by atoms with Crippen LogP contribution >= 0.6 is 0 Å². The van der Waals surface area contributed by atoms with Gasteiger partial charge in [-0.05, 0) is 31.4 Å². The van der Waals surface area contributed by atoms with E-state index in [4.69, 9.17) is 0 Å². The zero-order valence-corrected chi connectivity index (χ0v) is 13.8. The number of imide groups is 1. The largest absolute Gasteiger partial charge is 0.346 e. The first kappa shape index (κ1) is 16.8. The third kappa shape index (κ3) is 3.57. The summed E-state index contributed by atoms with van der Waals surface area (Å²) in [6.45, 7) is 1.68. The molecule has 1 fully saturated rings. The van der Waals surface area contributed by atoms with Crippen molar-refractivity contribution in [3.8, 4) is 0 Å². The second-order valence-electron chi connectivity index (χ2n) is 6.13. The predicted octanol–water partition coefficient (Wildman–Crippen LogP) is 3.10. The normalized spacial score (nSPS) is 20.3. The van der Waals surface area contributed by atoms with Crippen molar-refractivity contribution >= 4 is 18.2 Å². The lowest BCUT2D eigenvalue weighted by molar-refractivity contribution is -0.130. The Balaban J connectivity index is 1.72. The number of benzene rings is 2. The fraction of sp³-hybridized carbons (Fsp3) is 0.211. The van der Waals surface area contributed by atoms with Crippen molar-refractivity contribution in [1.82, 2.24) is 10.3 Å². The third-order valence-electron chi connectivity index (χ3n) is 4.21. The lowest BCUT2D eigenvalue weighted by atomic mass is 9.93. The molecule has 0 aliphatic carbocycles. The molecule has 1 saturated heterocycles. The van der Waals surface area contributed by atoms with Crippen molar-refractivity contribution in [2.45, 2.75) is 25.3 Å². The number of aryl methyl sites for hydroxylation is 1. The molecule has 0 saturated carbocycles. The monoisotopic (exact) mass is 339 g/mol. The number of hydrazone groups is 1. The van der Waals surface area contributed by atoms with Crippen molar-refractivity contribution in [2.24, 2.45) is 5.10 Å². The van der Waals surface area contributed by atoms with Crippen molar-refractivity contribution < 1.29 is 14.0 Å². The van der Waals surface area contributed by atoms with E-state index in [9.17, 15) is 14.0 Å². The van der Waals surface area contributed by atoms with E-state index in [1.807, 2.05) is 30.3 Å². The number of nitrogens with one attached hydrogen (secondary N) is 1. The molecule has 2 aromatic carbocycles. The fourth-order valence-electron chi connectivity index (χ4n) is 2.68. The van der Waals surface area contributed by atoms with Crippen LogP contribution in [0.1, 0.15) is 24.5 Å². The highest BCUT2D eigenvalue weighted by Crippen LogP contribution is 2.23. The standard InChI is InChI=1S/C19H18FN3O2/c1-19(12-11-14-7-3-2-4-8-14)17(24)23(18(25)22-19)21-13-15-9-5-6-10-16(15)20/h2-10,13H,11-12H2,1H3,(H,22,25)/b21-13-/t19-/m1/s1. The molecule has 6 heteroatoms. The molecule has 3 rings (SSSR count). The minimum absolute atomic E-state index is 0.209. The van der Waals surface area contributed by atoms with E-state index in [2.05, 4.69) is 10.4 Å².